The van der Waals surface area contributed by atoms with E-state index in [0.29, 0.717) is 5.69 Å². The molecule has 0 saturated heterocycles. The monoisotopic (exact) mass is 259 g/mol. The van der Waals surface area contributed by atoms with Gasteiger partial charge in [0, 0.05) is 18.3 Å². The van der Waals surface area contributed by atoms with Gasteiger partial charge in [-0.3, -0.25) is 4.79 Å². The van der Waals surface area contributed by atoms with Crippen LogP contribution in [-0.2, 0) is 0 Å². The molecule has 4 nitrogen and oxygen atoms in total. The predicted octanol–water partition coefficient (Wildman–Crippen LogP) is 1.66. The van der Waals surface area contributed by atoms with E-state index in [-0.39, 0.29) is 30.2 Å². The van der Waals surface area contributed by atoms with Gasteiger partial charge < -0.3 is 15.1 Å². The van der Waals surface area contributed by atoms with E-state index in [2.05, 4.69) is 0 Å². The second-order valence-corrected chi connectivity index (χ2v) is 3.82. The largest absolute Gasteiger partial charge is 0.507 e. The van der Waals surface area contributed by atoms with Crippen molar-refractivity contribution in [2.45, 2.75) is 13.3 Å². The average molecular weight is 259 g/mol. The van der Waals surface area contributed by atoms with E-state index >= 15 is 0 Å². The van der Waals surface area contributed by atoms with Gasteiger partial charge in [0.1, 0.15) is 5.75 Å². The van der Waals surface area contributed by atoms with Gasteiger partial charge in [-0.2, -0.15) is 0 Å². The number of hydrogen-bond acceptors (Lipinski definition) is 4. The highest BCUT2D eigenvalue weighted by Crippen LogP contribution is 2.25. The number of halogens is 2. The number of phenols is 1. The number of nitrogens with zero attached hydrogens (tertiary/aromatic N) is 1. The molecule has 0 atom stereocenters. The number of rotatable bonds is 6. The number of aliphatic hydroxyl groups excluding tert-OH is 1. The minimum absolute atomic E-state index is 0.0310. The minimum atomic E-state index is -2.55. The highest BCUT2D eigenvalue weighted by molar-refractivity contribution is 5.97. The van der Waals surface area contributed by atoms with Crippen molar-refractivity contribution in [3.63, 3.8) is 0 Å². The molecule has 0 heterocycles. The van der Waals surface area contributed by atoms with E-state index in [4.69, 9.17) is 5.11 Å². The quantitative estimate of drug-likeness (QED) is 0.763. The minimum Gasteiger partial charge on any atom is -0.507 e. The lowest BCUT2D eigenvalue weighted by Gasteiger charge is -2.23. The molecule has 0 aromatic heterocycles. The van der Waals surface area contributed by atoms with Crippen molar-refractivity contribution in [1.29, 1.82) is 0 Å². The summed E-state index contributed by atoms with van der Waals surface area (Å²) in [5.74, 6) is -0.557. The van der Waals surface area contributed by atoms with E-state index in [9.17, 15) is 18.7 Å². The van der Waals surface area contributed by atoms with Crippen molar-refractivity contribution in [2.24, 2.45) is 0 Å². The molecule has 0 saturated carbocycles. The lowest BCUT2D eigenvalue weighted by Crippen LogP contribution is -2.31. The maximum absolute atomic E-state index is 12.4. The summed E-state index contributed by atoms with van der Waals surface area (Å²) in [6.45, 7) is 0.518. The summed E-state index contributed by atoms with van der Waals surface area (Å²) in [5.41, 5.74) is 0.478. The van der Waals surface area contributed by atoms with Gasteiger partial charge in [0.05, 0.1) is 18.7 Å². The number of aromatic hydroxyl groups is 1. The van der Waals surface area contributed by atoms with Gasteiger partial charge in [-0.1, -0.05) is 0 Å². The second kappa shape index (κ2) is 6.30. The highest BCUT2D eigenvalue weighted by Gasteiger charge is 2.15. The third-order valence-electron chi connectivity index (χ3n) is 2.45. The maximum Gasteiger partial charge on any atom is 0.255 e. The summed E-state index contributed by atoms with van der Waals surface area (Å²) >= 11 is 0. The first-order valence-electron chi connectivity index (χ1n) is 5.43. The molecular weight excluding hydrogens is 244 g/mol. The third-order valence-corrected chi connectivity index (χ3v) is 2.45. The molecule has 0 unspecified atom stereocenters. The number of ketones is 1. The van der Waals surface area contributed by atoms with E-state index < -0.39 is 13.0 Å². The smallest absolute Gasteiger partial charge is 0.255 e. The number of aliphatic hydroxyl groups is 1. The Kier molecular flexibility index (Phi) is 5.03. The molecule has 2 N–H and O–H groups in total. The van der Waals surface area contributed by atoms with Crippen LogP contribution in [0.4, 0.5) is 14.5 Å². The Morgan fingerprint density at radius 2 is 2.11 bits per heavy atom. The number of anilines is 1. The Balaban J connectivity index is 2.98. The first-order valence-corrected chi connectivity index (χ1v) is 5.43. The molecule has 18 heavy (non-hydrogen) atoms. The van der Waals surface area contributed by atoms with Crippen LogP contribution in [0.2, 0.25) is 0 Å². The molecule has 1 aromatic rings. The van der Waals surface area contributed by atoms with E-state index in [1.54, 1.807) is 0 Å². The molecule has 0 radical (unpaired) electrons. The zero-order chi connectivity index (χ0) is 13.7. The standard InChI is InChI=1S/C12H15F2NO3/c1-8(17)10-3-2-9(6-11(10)18)15(4-5-16)7-12(13)14/h2-3,6,12,16,18H,4-5,7H2,1H3. The molecule has 100 valence electrons. The number of alkyl halides is 2. The van der Waals surface area contributed by atoms with Gasteiger partial charge in [-0.25, -0.2) is 8.78 Å². The molecule has 0 amide bonds. The zero-order valence-electron chi connectivity index (χ0n) is 9.94. The van der Waals surface area contributed by atoms with Crippen LogP contribution in [0, 0.1) is 0 Å². The maximum atomic E-state index is 12.4. The second-order valence-electron chi connectivity index (χ2n) is 3.82. The van der Waals surface area contributed by atoms with Crippen molar-refractivity contribution in [2.75, 3.05) is 24.6 Å². The normalized spacial score (nSPS) is 10.7. The van der Waals surface area contributed by atoms with Gasteiger partial charge in [-0.05, 0) is 19.1 Å². The Hall–Kier alpha value is -1.69. The van der Waals surface area contributed by atoms with Crippen LogP contribution in [0.3, 0.4) is 0 Å². The summed E-state index contributed by atoms with van der Waals surface area (Å²) in [6, 6.07) is 4.09. The van der Waals surface area contributed by atoms with Crippen molar-refractivity contribution >= 4 is 11.5 Å². The molecule has 0 bridgehead atoms. The third kappa shape index (κ3) is 3.66. The molecule has 1 rings (SSSR count). The first-order chi connectivity index (χ1) is 8.45. The van der Waals surface area contributed by atoms with Crippen molar-refractivity contribution in [3.05, 3.63) is 23.8 Å². The lowest BCUT2D eigenvalue weighted by atomic mass is 10.1. The average Bonchev–Trinajstić information content (AvgIpc) is 2.27. The number of carbonyl (C=O) groups excluding carboxylic acids is 1. The highest BCUT2D eigenvalue weighted by atomic mass is 19.3. The van der Waals surface area contributed by atoms with Gasteiger partial charge >= 0.3 is 0 Å². The van der Waals surface area contributed by atoms with Gasteiger partial charge in [0.15, 0.2) is 5.78 Å². The van der Waals surface area contributed by atoms with Crippen molar-refractivity contribution in [3.8, 4) is 5.75 Å². The Bertz CT molecular complexity index is 424. The zero-order valence-corrected chi connectivity index (χ0v) is 9.94. The van der Waals surface area contributed by atoms with Crippen LogP contribution in [0.5, 0.6) is 5.75 Å². The molecule has 0 spiro atoms. The van der Waals surface area contributed by atoms with E-state index in [0.717, 1.165) is 0 Å². The number of Topliss-reactive ketones (excluding diaryl/α,β-unsaturated/α-hetero) is 1. The number of benzene rings is 1. The van der Waals surface area contributed by atoms with E-state index in [1.165, 1.54) is 30.0 Å². The first kappa shape index (κ1) is 14.4. The fourth-order valence-electron chi connectivity index (χ4n) is 1.63. The van der Waals surface area contributed by atoms with Crippen LogP contribution in [-0.4, -0.2) is 42.1 Å². The van der Waals surface area contributed by atoms with Crippen molar-refractivity contribution < 1.29 is 23.8 Å². The molecule has 0 aliphatic carbocycles. The van der Waals surface area contributed by atoms with Crippen LogP contribution in [0.25, 0.3) is 0 Å². The Morgan fingerprint density at radius 1 is 1.44 bits per heavy atom. The molecule has 0 aliphatic heterocycles. The lowest BCUT2D eigenvalue weighted by molar-refractivity contribution is 0.101. The summed E-state index contributed by atoms with van der Waals surface area (Å²) in [5, 5.41) is 18.4. The van der Waals surface area contributed by atoms with Crippen molar-refractivity contribution in [1.82, 2.24) is 0 Å². The van der Waals surface area contributed by atoms with Crippen LogP contribution in [0.15, 0.2) is 18.2 Å². The SMILES string of the molecule is CC(=O)c1ccc(N(CCO)CC(F)F)cc1O. The molecule has 0 aliphatic rings. The predicted molar refractivity (Wildman–Crippen MR) is 63.4 cm³/mol. The van der Waals surface area contributed by atoms with E-state index in [1.807, 2.05) is 0 Å². The van der Waals surface area contributed by atoms with Crippen LogP contribution >= 0.6 is 0 Å². The number of hydrogen-bond donors (Lipinski definition) is 2. The van der Waals surface area contributed by atoms with Gasteiger partial charge in [0.25, 0.3) is 6.43 Å². The molecule has 6 heteroatoms. The summed E-state index contributed by atoms with van der Waals surface area (Å²) in [7, 11) is 0. The number of carbonyl (C=O) groups is 1. The summed E-state index contributed by atoms with van der Waals surface area (Å²) < 4.78 is 24.7. The van der Waals surface area contributed by atoms with Crippen LogP contribution < -0.4 is 4.90 Å². The van der Waals surface area contributed by atoms with Gasteiger partial charge in [0.2, 0.25) is 0 Å². The van der Waals surface area contributed by atoms with Gasteiger partial charge in [-0.15, -0.1) is 0 Å². The Labute approximate surface area is 103 Å². The van der Waals surface area contributed by atoms with Crippen LogP contribution in [0.1, 0.15) is 17.3 Å². The summed E-state index contributed by atoms with van der Waals surface area (Å²) in [4.78, 5) is 12.4. The fourth-order valence-corrected chi connectivity index (χ4v) is 1.63. The Morgan fingerprint density at radius 3 is 2.56 bits per heavy atom. The molecule has 1 aromatic carbocycles. The topological polar surface area (TPSA) is 60.8 Å². The fraction of sp³-hybridized carbons (Fsp3) is 0.417. The molecule has 0 fully saturated rings. The molecular formula is C12H15F2NO3. The number of phenolic OH excluding ortho intramolecular Hbond substituents is 1. The summed E-state index contributed by atoms with van der Waals surface area (Å²) in [6.07, 6.45) is -2.55.